The number of nitrogens with zero attached hydrogens (tertiary/aromatic N) is 7. The molecule has 1 aliphatic heterocycles. The van der Waals surface area contributed by atoms with E-state index in [9.17, 15) is 9.90 Å². The first kappa shape index (κ1) is 21.0. The van der Waals surface area contributed by atoms with Gasteiger partial charge in [0.15, 0.2) is 11.4 Å². The molecule has 1 saturated heterocycles. The highest BCUT2D eigenvalue weighted by atomic mass is 35.5. The molecular weight excluding hydrogens is 448 g/mol. The fourth-order valence-electron chi connectivity index (χ4n) is 3.59. The molecule has 1 amide bonds. The number of aryl methyl sites for hydroxylation is 1. The standard InChI is InChI=1S/C21H19ClN8O3/c1-29-9-7-21(32,19(29)31)17-10-16(33-28-17)14-5-3-4-12(25-14)13-6-8-23-20(26-13)27-15-11-24-30(2)18(15)22/h3-6,8,10-11,32H,7,9H2,1-2H3,(H,23,26,27)/t21-/m1/s1. The third kappa shape index (κ3) is 3.70. The number of rotatable bonds is 5. The normalized spacial score (nSPS) is 18.2. The topological polar surface area (TPSA) is 135 Å². The number of aliphatic hydroxyl groups is 1. The van der Waals surface area contributed by atoms with Gasteiger partial charge in [-0.2, -0.15) is 5.10 Å². The van der Waals surface area contributed by atoms with Gasteiger partial charge in [0, 0.05) is 39.3 Å². The van der Waals surface area contributed by atoms with E-state index in [2.05, 4.69) is 30.5 Å². The number of hydrogen-bond donors (Lipinski definition) is 2. The SMILES string of the molecule is CN1CC[C@@](O)(c2cc(-c3cccc(-c4ccnc(Nc5cnn(C)c5Cl)n4)n3)on2)C1=O. The number of pyridine rings is 1. The van der Waals surface area contributed by atoms with Gasteiger partial charge in [0.25, 0.3) is 5.91 Å². The zero-order chi connectivity index (χ0) is 23.2. The van der Waals surface area contributed by atoms with Gasteiger partial charge in [-0.1, -0.05) is 22.8 Å². The Morgan fingerprint density at radius 2 is 1.97 bits per heavy atom. The molecule has 1 aliphatic rings. The van der Waals surface area contributed by atoms with Crippen LogP contribution in [0.2, 0.25) is 5.15 Å². The summed E-state index contributed by atoms with van der Waals surface area (Å²) >= 11 is 6.19. The minimum atomic E-state index is -1.69. The number of anilines is 2. The smallest absolute Gasteiger partial charge is 0.260 e. The number of carbonyl (C=O) groups is 1. The third-order valence-electron chi connectivity index (χ3n) is 5.48. The summed E-state index contributed by atoms with van der Waals surface area (Å²) in [6, 6.07) is 8.61. The molecule has 0 aromatic carbocycles. The van der Waals surface area contributed by atoms with Crippen molar-refractivity contribution in [3.05, 3.63) is 53.6 Å². The van der Waals surface area contributed by atoms with E-state index in [4.69, 9.17) is 16.1 Å². The van der Waals surface area contributed by atoms with Crippen molar-refractivity contribution in [2.24, 2.45) is 7.05 Å². The number of halogens is 1. The first-order chi connectivity index (χ1) is 15.8. The Kier molecular flexibility index (Phi) is 5.06. The number of likely N-dealkylation sites (tertiary alicyclic amines) is 1. The minimum Gasteiger partial charge on any atom is -0.374 e. The zero-order valence-electron chi connectivity index (χ0n) is 17.7. The summed E-state index contributed by atoms with van der Waals surface area (Å²) < 4.78 is 6.93. The Balaban J connectivity index is 1.42. The second-order valence-corrected chi connectivity index (χ2v) is 8.04. The molecule has 2 N–H and O–H groups in total. The Morgan fingerprint density at radius 1 is 1.18 bits per heavy atom. The summed E-state index contributed by atoms with van der Waals surface area (Å²) in [5.41, 5.74) is 0.689. The summed E-state index contributed by atoms with van der Waals surface area (Å²) in [5.74, 6) is 0.263. The van der Waals surface area contributed by atoms with Gasteiger partial charge in [-0.25, -0.2) is 15.0 Å². The van der Waals surface area contributed by atoms with Crippen LogP contribution in [0.4, 0.5) is 11.6 Å². The van der Waals surface area contributed by atoms with E-state index in [0.717, 1.165) is 0 Å². The molecule has 1 fully saturated rings. The minimum absolute atomic E-state index is 0.168. The molecule has 5 rings (SSSR count). The molecule has 0 bridgehead atoms. The average Bonchev–Trinajstić information content (AvgIpc) is 3.52. The molecule has 0 radical (unpaired) electrons. The maximum absolute atomic E-state index is 12.3. The molecule has 0 spiro atoms. The van der Waals surface area contributed by atoms with Gasteiger partial charge in [-0.3, -0.25) is 9.48 Å². The van der Waals surface area contributed by atoms with E-state index >= 15 is 0 Å². The predicted octanol–water partition coefficient (Wildman–Crippen LogP) is 2.37. The first-order valence-corrected chi connectivity index (χ1v) is 10.4. The second-order valence-electron chi connectivity index (χ2n) is 7.68. The van der Waals surface area contributed by atoms with Crippen LogP contribution in [0.1, 0.15) is 12.1 Å². The van der Waals surface area contributed by atoms with E-state index in [-0.39, 0.29) is 12.1 Å². The van der Waals surface area contributed by atoms with Crippen molar-refractivity contribution in [2.45, 2.75) is 12.0 Å². The average molecular weight is 467 g/mol. The largest absolute Gasteiger partial charge is 0.374 e. The summed E-state index contributed by atoms with van der Waals surface area (Å²) in [4.78, 5) is 27.1. The van der Waals surface area contributed by atoms with E-state index < -0.39 is 11.5 Å². The Morgan fingerprint density at radius 3 is 2.70 bits per heavy atom. The molecule has 33 heavy (non-hydrogen) atoms. The number of nitrogens with one attached hydrogen (secondary N) is 1. The van der Waals surface area contributed by atoms with E-state index in [1.54, 1.807) is 56.8 Å². The molecule has 11 nitrogen and oxygen atoms in total. The van der Waals surface area contributed by atoms with Crippen LogP contribution in [0.25, 0.3) is 22.8 Å². The number of carbonyl (C=O) groups excluding carboxylic acids is 1. The van der Waals surface area contributed by atoms with Gasteiger partial charge in [-0.15, -0.1) is 0 Å². The summed E-state index contributed by atoms with van der Waals surface area (Å²) in [7, 11) is 3.37. The Bertz CT molecular complexity index is 1350. The fraction of sp³-hybridized carbons (Fsp3) is 0.238. The van der Waals surface area contributed by atoms with Crippen LogP contribution in [-0.2, 0) is 17.4 Å². The quantitative estimate of drug-likeness (QED) is 0.454. The highest BCUT2D eigenvalue weighted by molar-refractivity contribution is 6.32. The van der Waals surface area contributed by atoms with Crippen LogP contribution in [-0.4, -0.2) is 59.4 Å². The number of hydrogen-bond acceptors (Lipinski definition) is 9. The monoisotopic (exact) mass is 466 g/mol. The van der Waals surface area contributed by atoms with Crippen LogP contribution in [0.3, 0.4) is 0 Å². The summed E-state index contributed by atoms with van der Waals surface area (Å²) in [6.07, 6.45) is 3.44. The van der Waals surface area contributed by atoms with E-state index in [1.807, 2.05) is 0 Å². The zero-order valence-corrected chi connectivity index (χ0v) is 18.5. The van der Waals surface area contributed by atoms with Gasteiger partial charge in [-0.05, 0) is 18.2 Å². The van der Waals surface area contributed by atoms with Crippen LogP contribution < -0.4 is 5.32 Å². The van der Waals surface area contributed by atoms with Crippen molar-refractivity contribution >= 4 is 29.1 Å². The van der Waals surface area contributed by atoms with Crippen LogP contribution >= 0.6 is 11.6 Å². The molecule has 168 valence electrons. The lowest BCUT2D eigenvalue weighted by molar-refractivity contribution is -0.143. The molecule has 5 heterocycles. The molecule has 1 atom stereocenters. The molecular formula is C21H19ClN8O3. The number of likely N-dealkylation sites (N-methyl/N-ethyl adjacent to an activating group) is 1. The van der Waals surface area contributed by atoms with E-state index in [1.165, 1.54) is 9.58 Å². The van der Waals surface area contributed by atoms with Gasteiger partial charge in [0.05, 0.1) is 23.3 Å². The lowest BCUT2D eigenvalue weighted by Gasteiger charge is -2.16. The highest BCUT2D eigenvalue weighted by Crippen LogP contribution is 2.34. The first-order valence-electron chi connectivity index (χ1n) is 10.1. The predicted molar refractivity (Wildman–Crippen MR) is 118 cm³/mol. The Labute approximate surface area is 193 Å². The van der Waals surface area contributed by atoms with Gasteiger partial charge < -0.3 is 19.8 Å². The molecule has 0 saturated carbocycles. The van der Waals surface area contributed by atoms with Crippen molar-refractivity contribution in [1.82, 2.24) is 34.8 Å². The molecule has 4 aromatic heterocycles. The van der Waals surface area contributed by atoms with Crippen molar-refractivity contribution in [1.29, 1.82) is 0 Å². The summed E-state index contributed by atoms with van der Waals surface area (Å²) in [5, 5.41) is 22.3. The van der Waals surface area contributed by atoms with Crippen LogP contribution in [0, 0.1) is 0 Å². The second kappa shape index (κ2) is 7.94. The number of amides is 1. The van der Waals surface area contributed by atoms with Crippen LogP contribution in [0.5, 0.6) is 0 Å². The van der Waals surface area contributed by atoms with Crippen molar-refractivity contribution in [3.8, 4) is 22.8 Å². The lowest BCUT2D eigenvalue weighted by atomic mass is 9.97. The van der Waals surface area contributed by atoms with Gasteiger partial charge in [0.1, 0.15) is 16.5 Å². The maximum atomic E-state index is 12.3. The van der Waals surface area contributed by atoms with Crippen molar-refractivity contribution in [2.75, 3.05) is 18.9 Å². The third-order valence-corrected chi connectivity index (χ3v) is 5.92. The molecule has 12 heteroatoms. The number of aromatic nitrogens is 6. The fourth-order valence-corrected chi connectivity index (χ4v) is 3.72. The lowest BCUT2D eigenvalue weighted by Crippen LogP contribution is -2.36. The molecule has 0 aliphatic carbocycles. The molecule has 4 aromatic rings. The summed E-state index contributed by atoms with van der Waals surface area (Å²) in [6.45, 7) is 0.444. The van der Waals surface area contributed by atoms with E-state index in [0.29, 0.717) is 46.2 Å². The molecule has 0 unspecified atom stereocenters. The highest BCUT2D eigenvalue weighted by Gasteiger charge is 2.47. The Hall–Kier alpha value is -3.83. The maximum Gasteiger partial charge on any atom is 0.260 e. The van der Waals surface area contributed by atoms with Crippen molar-refractivity contribution in [3.63, 3.8) is 0 Å². The van der Waals surface area contributed by atoms with Crippen molar-refractivity contribution < 1.29 is 14.4 Å². The van der Waals surface area contributed by atoms with Gasteiger partial charge in [0.2, 0.25) is 5.95 Å². The van der Waals surface area contributed by atoms with Crippen LogP contribution in [0.15, 0.2) is 47.2 Å². The van der Waals surface area contributed by atoms with Gasteiger partial charge >= 0.3 is 0 Å².